The molecule has 9 heteroatoms. The van der Waals surface area contributed by atoms with E-state index in [1.807, 2.05) is 0 Å². The summed E-state index contributed by atoms with van der Waals surface area (Å²) in [6.07, 6.45) is 7.24. The van der Waals surface area contributed by atoms with E-state index in [-0.39, 0.29) is 22.1 Å². The summed E-state index contributed by atoms with van der Waals surface area (Å²) >= 11 is 0. The quantitative estimate of drug-likeness (QED) is 0.451. The van der Waals surface area contributed by atoms with Crippen LogP contribution < -0.4 is 5.32 Å². The molecule has 0 radical (unpaired) electrons. The molecule has 4 bridgehead atoms. The summed E-state index contributed by atoms with van der Waals surface area (Å²) in [5.41, 5.74) is 0.386. The highest BCUT2D eigenvalue weighted by molar-refractivity contribution is 6.23. The molecule has 1 heterocycles. The van der Waals surface area contributed by atoms with E-state index in [0.29, 0.717) is 6.61 Å². The summed E-state index contributed by atoms with van der Waals surface area (Å²) in [6.45, 7) is 3.02. The van der Waals surface area contributed by atoms with Crippen molar-refractivity contribution in [3.63, 3.8) is 0 Å². The fourth-order valence-electron chi connectivity index (χ4n) is 7.02. The second-order valence-corrected chi connectivity index (χ2v) is 11.0. The number of esters is 1. The van der Waals surface area contributed by atoms with Crippen molar-refractivity contribution < 1.29 is 33.8 Å². The Hall–Kier alpha value is -3.23. The molecule has 6 rings (SSSR count). The van der Waals surface area contributed by atoms with Crippen LogP contribution in [-0.2, 0) is 14.3 Å². The molecule has 186 valence electrons. The first kappa shape index (κ1) is 23.5. The van der Waals surface area contributed by atoms with E-state index in [1.54, 1.807) is 0 Å². The van der Waals surface area contributed by atoms with Crippen LogP contribution in [-0.4, -0.2) is 58.4 Å². The Morgan fingerprint density at radius 2 is 1.60 bits per heavy atom. The van der Waals surface area contributed by atoms with Crippen molar-refractivity contribution in [2.45, 2.75) is 64.5 Å². The lowest BCUT2D eigenvalue weighted by atomic mass is 9.50. The molecule has 2 N–H and O–H groups in total. The average Bonchev–Trinajstić information content (AvgIpc) is 3.05. The largest absolute Gasteiger partial charge is 0.480 e. The lowest BCUT2D eigenvalue weighted by molar-refractivity contribution is -0.141. The first-order valence-electron chi connectivity index (χ1n) is 12.3. The lowest BCUT2D eigenvalue weighted by Gasteiger charge is -2.56. The highest BCUT2D eigenvalue weighted by Crippen LogP contribution is 2.60. The molecule has 3 amide bonds. The Balaban J connectivity index is 1.27. The third-order valence-corrected chi connectivity index (χ3v) is 8.32. The fourth-order valence-corrected chi connectivity index (χ4v) is 7.02. The van der Waals surface area contributed by atoms with E-state index in [0.717, 1.165) is 41.9 Å². The first-order valence-corrected chi connectivity index (χ1v) is 12.3. The number of carbonyl (C=O) groups excluding carboxylic acids is 4. The number of ether oxygens (including phenoxy) is 1. The summed E-state index contributed by atoms with van der Waals surface area (Å²) in [6, 6.07) is 1.84. The molecule has 1 aromatic rings. The van der Waals surface area contributed by atoms with E-state index in [2.05, 4.69) is 5.32 Å². The number of imide groups is 1. The maximum atomic E-state index is 13.0. The van der Waals surface area contributed by atoms with E-state index in [4.69, 9.17) is 9.84 Å². The highest BCUT2D eigenvalue weighted by atomic mass is 16.5. The van der Waals surface area contributed by atoms with Crippen LogP contribution in [0.1, 0.15) is 83.4 Å². The zero-order chi connectivity index (χ0) is 25.1. The van der Waals surface area contributed by atoms with Gasteiger partial charge in [0.1, 0.15) is 12.1 Å². The van der Waals surface area contributed by atoms with Gasteiger partial charge in [-0.05, 0) is 88.3 Å². The number of nitrogens with one attached hydrogen (secondary N) is 1. The number of benzene rings is 1. The van der Waals surface area contributed by atoms with Crippen molar-refractivity contribution >= 4 is 29.7 Å². The number of amides is 3. The molecule has 0 saturated heterocycles. The zero-order valence-corrected chi connectivity index (χ0v) is 19.9. The summed E-state index contributed by atoms with van der Waals surface area (Å²) in [5, 5.41) is 11.3. The van der Waals surface area contributed by atoms with Gasteiger partial charge in [-0.25, -0.2) is 4.79 Å². The molecule has 2 atom stereocenters. The highest BCUT2D eigenvalue weighted by Gasteiger charge is 2.51. The summed E-state index contributed by atoms with van der Waals surface area (Å²) in [5.74, 6) is -1.65. The fraction of sp³-hybridized carbons (Fsp3) is 0.577. The molecule has 5 aliphatic rings. The van der Waals surface area contributed by atoms with Crippen molar-refractivity contribution in [3.8, 4) is 0 Å². The number of fused-ring (bicyclic) bond motifs is 1. The molecular formula is C26H30N2O7. The molecule has 0 aromatic heterocycles. The van der Waals surface area contributed by atoms with Gasteiger partial charge in [-0.1, -0.05) is 0 Å². The molecule has 0 spiro atoms. The number of hydrogen-bond acceptors (Lipinski definition) is 6. The van der Waals surface area contributed by atoms with Gasteiger partial charge < -0.3 is 15.2 Å². The van der Waals surface area contributed by atoms with Gasteiger partial charge in [-0.3, -0.25) is 24.1 Å². The summed E-state index contributed by atoms with van der Waals surface area (Å²) in [7, 11) is 0. The van der Waals surface area contributed by atoms with E-state index < -0.39 is 41.7 Å². The van der Waals surface area contributed by atoms with Crippen molar-refractivity contribution in [2.24, 2.45) is 23.2 Å². The molecule has 1 aliphatic heterocycles. The maximum absolute atomic E-state index is 13.0. The molecule has 9 nitrogen and oxygen atoms in total. The first-order chi connectivity index (χ1) is 16.6. The van der Waals surface area contributed by atoms with Crippen molar-refractivity contribution in [1.82, 2.24) is 10.2 Å². The number of nitrogens with zero attached hydrogens (tertiary/aromatic N) is 1. The third kappa shape index (κ3) is 4.10. The van der Waals surface area contributed by atoms with Crippen LogP contribution in [0.4, 0.5) is 0 Å². The van der Waals surface area contributed by atoms with Crippen LogP contribution in [0.3, 0.4) is 0 Å². The van der Waals surface area contributed by atoms with Crippen LogP contribution in [0.5, 0.6) is 0 Å². The van der Waals surface area contributed by atoms with E-state index >= 15 is 0 Å². The van der Waals surface area contributed by atoms with Gasteiger partial charge in [0.15, 0.2) is 0 Å². The van der Waals surface area contributed by atoms with E-state index in [9.17, 15) is 24.0 Å². The summed E-state index contributed by atoms with van der Waals surface area (Å²) in [4.78, 5) is 62.9. The predicted octanol–water partition coefficient (Wildman–Crippen LogP) is 2.63. The number of rotatable bonds is 7. The van der Waals surface area contributed by atoms with Crippen LogP contribution in [0.15, 0.2) is 18.2 Å². The smallest absolute Gasteiger partial charge is 0.338 e. The van der Waals surface area contributed by atoms with Gasteiger partial charge in [0.05, 0.1) is 23.3 Å². The van der Waals surface area contributed by atoms with Gasteiger partial charge in [0.2, 0.25) is 5.91 Å². The topological polar surface area (TPSA) is 130 Å². The van der Waals surface area contributed by atoms with Gasteiger partial charge in [0.25, 0.3) is 11.8 Å². The molecule has 4 saturated carbocycles. The van der Waals surface area contributed by atoms with Gasteiger partial charge in [-0.15, -0.1) is 0 Å². The molecule has 35 heavy (non-hydrogen) atoms. The zero-order valence-electron chi connectivity index (χ0n) is 19.9. The average molecular weight is 483 g/mol. The number of carboxylic acids is 1. The van der Waals surface area contributed by atoms with Crippen LogP contribution in [0.2, 0.25) is 0 Å². The minimum atomic E-state index is -1.23. The van der Waals surface area contributed by atoms with Crippen molar-refractivity contribution in [3.05, 3.63) is 34.9 Å². The second-order valence-electron chi connectivity index (χ2n) is 11.0. The molecule has 1 aromatic carbocycles. The van der Waals surface area contributed by atoms with Crippen molar-refractivity contribution in [1.29, 1.82) is 0 Å². The monoisotopic (exact) mass is 482 g/mol. The van der Waals surface area contributed by atoms with Crippen molar-refractivity contribution in [2.75, 3.05) is 6.61 Å². The van der Waals surface area contributed by atoms with Gasteiger partial charge in [-0.2, -0.15) is 0 Å². The Kier molecular flexibility index (Phi) is 5.68. The minimum absolute atomic E-state index is 0.0326. The summed E-state index contributed by atoms with van der Waals surface area (Å²) < 4.78 is 5.74. The Morgan fingerprint density at radius 1 is 1.03 bits per heavy atom. The third-order valence-electron chi connectivity index (χ3n) is 8.32. The van der Waals surface area contributed by atoms with Crippen LogP contribution >= 0.6 is 0 Å². The van der Waals surface area contributed by atoms with Crippen LogP contribution in [0.25, 0.3) is 0 Å². The van der Waals surface area contributed by atoms with E-state index in [1.165, 1.54) is 51.3 Å². The SMILES string of the molecule is C[C@H](NC(=O)[C@H](C)N1C(=O)c2ccc(C(=O)OCC34CC5CC(CC(C5)C3)C4)cc2C1=O)C(=O)O. The molecular weight excluding hydrogens is 452 g/mol. The standard InChI is InChI=1S/C26H30N2O7/c1-13(24(32)33)27-21(29)14(2)28-22(30)19-4-3-18(8-20(19)23(28)31)25(34)35-12-26-9-15-5-16(10-26)7-17(6-15)11-26/h3-4,8,13-17H,5-7,9-12H2,1-2H3,(H,27,29)(H,32,33)/t13-,14-,15?,16?,17?,26?/m0/s1. The Labute approximate surface area is 203 Å². The maximum Gasteiger partial charge on any atom is 0.338 e. The number of aliphatic carboxylic acids is 1. The number of carbonyl (C=O) groups is 5. The number of carboxylic acid groups (broad SMARTS) is 1. The Bertz CT molecular complexity index is 1090. The molecule has 4 fully saturated rings. The molecule has 4 aliphatic carbocycles. The van der Waals surface area contributed by atoms with Gasteiger partial charge in [0, 0.05) is 5.41 Å². The second kappa shape index (κ2) is 8.46. The lowest BCUT2D eigenvalue weighted by Crippen LogP contribution is -2.51. The minimum Gasteiger partial charge on any atom is -0.480 e. The molecule has 0 unspecified atom stereocenters. The number of hydrogen-bond donors (Lipinski definition) is 2. The van der Waals surface area contributed by atoms with Crippen LogP contribution in [0, 0.1) is 23.2 Å². The Morgan fingerprint density at radius 3 is 2.17 bits per heavy atom. The van der Waals surface area contributed by atoms with Gasteiger partial charge >= 0.3 is 11.9 Å². The predicted molar refractivity (Wildman–Crippen MR) is 123 cm³/mol. The normalized spacial score (nSPS) is 30.1.